The summed E-state index contributed by atoms with van der Waals surface area (Å²) in [5.74, 6) is 0. The predicted molar refractivity (Wildman–Crippen MR) is 61.7 cm³/mol. The molecule has 0 aliphatic heterocycles. The molecule has 0 aliphatic carbocycles. The second-order valence-corrected chi connectivity index (χ2v) is 4.05. The third kappa shape index (κ3) is 8.20. The maximum atomic E-state index is 5.87. The van der Waals surface area contributed by atoms with Crippen molar-refractivity contribution < 1.29 is 24.8 Å². The lowest BCUT2D eigenvalue weighted by atomic mass is 10.2. The van der Waals surface area contributed by atoms with Crippen LogP contribution in [0.3, 0.4) is 0 Å². The molecule has 0 spiro atoms. The van der Waals surface area contributed by atoms with Crippen molar-refractivity contribution >= 4 is 11.6 Å². The van der Waals surface area contributed by atoms with Gasteiger partial charge >= 0.3 is 0 Å². The molecule has 5 heteroatoms. The van der Waals surface area contributed by atoms with E-state index in [1.54, 1.807) is 0 Å². The number of nitrogens with zero attached hydrogens (tertiary/aromatic N) is 1. The number of nitrogens with one attached hydrogen (secondary N) is 1. The average molecular weight is 284 g/mol. The van der Waals surface area contributed by atoms with E-state index in [0.29, 0.717) is 0 Å². The molecule has 0 amide bonds. The van der Waals surface area contributed by atoms with Gasteiger partial charge in [0, 0.05) is 24.7 Å². The number of benzene rings is 1. The first kappa shape index (κ1) is 18.4. The quantitative estimate of drug-likeness (QED) is 0.554. The summed E-state index contributed by atoms with van der Waals surface area (Å²) in [5.41, 5.74) is 1.23. The van der Waals surface area contributed by atoms with E-state index in [1.807, 2.05) is 18.2 Å². The number of hydrogen-bond donors (Lipinski definition) is 1. The topological polar surface area (TPSA) is 15.3 Å². The zero-order valence-electron chi connectivity index (χ0n) is 9.51. The fourth-order valence-corrected chi connectivity index (χ4v) is 1.40. The number of hydrogen-bond acceptors (Lipinski definition) is 2. The smallest absolute Gasteiger partial charge is 0.0409 e. The largest absolute Gasteiger partial charge is 1.00 e. The number of rotatable bonds is 5. The Kier molecular flexibility index (Phi) is 11.7. The summed E-state index contributed by atoms with van der Waals surface area (Å²) >= 11 is 5.87. The van der Waals surface area contributed by atoms with Crippen LogP contribution in [0.4, 0.5) is 0 Å². The molecule has 0 unspecified atom stereocenters. The van der Waals surface area contributed by atoms with Crippen molar-refractivity contribution in [3.05, 3.63) is 34.9 Å². The van der Waals surface area contributed by atoms with Gasteiger partial charge in [0.1, 0.15) is 0 Å². The summed E-state index contributed by atoms with van der Waals surface area (Å²) in [7, 11) is 4.14. The summed E-state index contributed by atoms with van der Waals surface area (Å²) in [6.07, 6.45) is 0. The summed E-state index contributed by atoms with van der Waals surface area (Å²) in [5, 5.41) is 4.16. The third-order valence-corrected chi connectivity index (χ3v) is 2.19. The van der Waals surface area contributed by atoms with Crippen molar-refractivity contribution in [1.29, 1.82) is 0 Å². The van der Waals surface area contributed by atoms with Gasteiger partial charge < -0.3 is 35.0 Å². The minimum Gasteiger partial charge on any atom is -1.00 e. The molecule has 94 valence electrons. The number of halogens is 3. The fourth-order valence-electron chi connectivity index (χ4n) is 1.18. The predicted octanol–water partition coefficient (Wildman–Crippen LogP) is -4.00. The van der Waals surface area contributed by atoms with Gasteiger partial charge in [-0.25, -0.2) is 0 Å². The van der Waals surface area contributed by atoms with Crippen LogP contribution in [-0.4, -0.2) is 32.1 Å². The zero-order chi connectivity index (χ0) is 10.4. The summed E-state index contributed by atoms with van der Waals surface area (Å²) in [6, 6.07) is 7.94. The summed E-state index contributed by atoms with van der Waals surface area (Å²) in [4.78, 5) is 2.16. The highest BCUT2D eigenvalue weighted by Gasteiger charge is 1.94. The molecule has 0 fully saturated rings. The Hall–Kier alpha value is 0.01000. The molecule has 0 radical (unpaired) electrons. The first-order valence-electron chi connectivity index (χ1n) is 4.78. The molecule has 0 heterocycles. The first-order valence-corrected chi connectivity index (χ1v) is 5.16. The SMILES string of the molecule is CN(C)CCNCc1cccc(Cl)c1.[Cl-].[Cl-]. The molecule has 16 heavy (non-hydrogen) atoms. The molecule has 0 saturated carbocycles. The normalized spacial score (nSPS) is 9.50. The molecule has 1 N–H and O–H groups in total. The van der Waals surface area contributed by atoms with Crippen LogP contribution in [0.5, 0.6) is 0 Å². The van der Waals surface area contributed by atoms with Crippen molar-refractivity contribution in [2.24, 2.45) is 0 Å². The van der Waals surface area contributed by atoms with E-state index in [2.05, 4.69) is 30.4 Å². The second kappa shape index (κ2) is 10.2. The molecule has 1 rings (SSSR count). The van der Waals surface area contributed by atoms with Crippen LogP contribution in [0.25, 0.3) is 0 Å². The summed E-state index contributed by atoms with van der Waals surface area (Å²) < 4.78 is 0. The average Bonchev–Trinajstić information content (AvgIpc) is 2.12. The Morgan fingerprint density at radius 1 is 1.25 bits per heavy atom. The van der Waals surface area contributed by atoms with E-state index in [0.717, 1.165) is 24.7 Å². The van der Waals surface area contributed by atoms with Gasteiger partial charge in [-0.3, -0.25) is 0 Å². The maximum absolute atomic E-state index is 5.87. The monoisotopic (exact) mass is 282 g/mol. The Bertz CT molecular complexity index is 280. The van der Waals surface area contributed by atoms with Crippen LogP contribution in [0, 0.1) is 0 Å². The fraction of sp³-hybridized carbons (Fsp3) is 0.455. The van der Waals surface area contributed by atoms with Crippen LogP contribution in [-0.2, 0) is 6.54 Å². The lowest BCUT2D eigenvalue weighted by molar-refractivity contribution is -0.001000. The standard InChI is InChI=1S/C11H17ClN2.2ClH/c1-14(2)7-6-13-9-10-4-3-5-11(12)8-10;;/h3-5,8,13H,6-7,9H2,1-2H3;2*1H/p-2. The van der Waals surface area contributed by atoms with Crippen molar-refractivity contribution in [2.75, 3.05) is 27.2 Å². The Labute approximate surface area is 115 Å². The van der Waals surface area contributed by atoms with E-state index in [-0.39, 0.29) is 24.8 Å². The highest BCUT2D eigenvalue weighted by Crippen LogP contribution is 2.09. The van der Waals surface area contributed by atoms with Gasteiger partial charge in [0.15, 0.2) is 0 Å². The van der Waals surface area contributed by atoms with Crippen molar-refractivity contribution in [1.82, 2.24) is 10.2 Å². The zero-order valence-corrected chi connectivity index (χ0v) is 11.8. The van der Waals surface area contributed by atoms with E-state index in [1.165, 1.54) is 5.56 Å². The molecule has 0 bridgehead atoms. The van der Waals surface area contributed by atoms with Crippen LogP contribution < -0.4 is 30.1 Å². The molecular formula is C11H17Cl3N2-2. The van der Waals surface area contributed by atoms with Gasteiger partial charge in [-0.15, -0.1) is 0 Å². The molecular weight excluding hydrogens is 266 g/mol. The van der Waals surface area contributed by atoms with Gasteiger partial charge in [0.25, 0.3) is 0 Å². The molecule has 0 saturated heterocycles. The van der Waals surface area contributed by atoms with E-state index < -0.39 is 0 Å². The van der Waals surface area contributed by atoms with E-state index in [4.69, 9.17) is 11.6 Å². The number of likely N-dealkylation sites (N-methyl/N-ethyl adjacent to an activating group) is 1. The van der Waals surface area contributed by atoms with Crippen LogP contribution in [0.1, 0.15) is 5.56 Å². The molecule has 0 aliphatic rings. The van der Waals surface area contributed by atoms with Gasteiger partial charge in [-0.2, -0.15) is 0 Å². The highest BCUT2D eigenvalue weighted by atomic mass is 35.5. The van der Waals surface area contributed by atoms with Gasteiger partial charge in [0.2, 0.25) is 0 Å². The summed E-state index contributed by atoms with van der Waals surface area (Å²) in [6.45, 7) is 2.94. The lowest BCUT2D eigenvalue weighted by Gasteiger charge is -2.10. The van der Waals surface area contributed by atoms with Crippen molar-refractivity contribution in [3.8, 4) is 0 Å². The minimum absolute atomic E-state index is 0. The van der Waals surface area contributed by atoms with Crippen LogP contribution >= 0.6 is 11.6 Å². The molecule has 0 aromatic heterocycles. The third-order valence-electron chi connectivity index (χ3n) is 1.95. The van der Waals surface area contributed by atoms with Crippen LogP contribution in [0.15, 0.2) is 24.3 Å². The molecule has 1 aromatic carbocycles. The second-order valence-electron chi connectivity index (χ2n) is 3.61. The molecule has 1 aromatic rings. The van der Waals surface area contributed by atoms with Crippen molar-refractivity contribution in [2.45, 2.75) is 6.54 Å². The Balaban J connectivity index is 0. The minimum atomic E-state index is 0. The van der Waals surface area contributed by atoms with Gasteiger partial charge in [0.05, 0.1) is 0 Å². The van der Waals surface area contributed by atoms with Gasteiger partial charge in [-0.1, -0.05) is 23.7 Å². The maximum Gasteiger partial charge on any atom is 0.0409 e. The van der Waals surface area contributed by atoms with E-state index in [9.17, 15) is 0 Å². The Morgan fingerprint density at radius 2 is 1.94 bits per heavy atom. The molecule has 0 atom stereocenters. The molecule has 2 nitrogen and oxygen atoms in total. The highest BCUT2D eigenvalue weighted by molar-refractivity contribution is 6.30. The Morgan fingerprint density at radius 3 is 2.50 bits per heavy atom. The lowest BCUT2D eigenvalue weighted by Crippen LogP contribution is -3.00. The van der Waals surface area contributed by atoms with E-state index >= 15 is 0 Å². The van der Waals surface area contributed by atoms with Crippen LogP contribution in [0.2, 0.25) is 5.02 Å². The van der Waals surface area contributed by atoms with Crippen molar-refractivity contribution in [3.63, 3.8) is 0 Å². The van der Waals surface area contributed by atoms with Gasteiger partial charge in [-0.05, 0) is 31.8 Å². The first-order chi connectivity index (χ1) is 6.68.